The molecule has 3 unspecified atom stereocenters. The van der Waals surface area contributed by atoms with Crippen molar-refractivity contribution in [2.75, 3.05) is 46.5 Å². The number of rotatable bonds is 7. The molecule has 0 aromatic carbocycles. The second-order valence-electron chi connectivity index (χ2n) is 6.19. The van der Waals surface area contributed by atoms with Crippen LogP contribution in [0.2, 0.25) is 0 Å². The monoisotopic (exact) mass is 313 g/mol. The number of methoxy groups -OCH3 is 1. The number of ether oxygens (including phenoxy) is 2. The van der Waals surface area contributed by atoms with E-state index in [-0.39, 0.29) is 12.0 Å². The fourth-order valence-corrected chi connectivity index (χ4v) is 3.21. The summed E-state index contributed by atoms with van der Waals surface area (Å²) in [5, 5.41) is 6.96. The van der Waals surface area contributed by atoms with Crippen LogP contribution in [0.4, 0.5) is 0 Å². The number of nitrogens with zero attached hydrogens (tertiary/aromatic N) is 1. The average molecular weight is 313 g/mol. The van der Waals surface area contributed by atoms with E-state index in [1.165, 1.54) is 0 Å². The minimum Gasteiger partial charge on any atom is -0.379 e. The van der Waals surface area contributed by atoms with Gasteiger partial charge < -0.3 is 25.0 Å². The molecule has 0 spiro atoms. The topological polar surface area (TPSA) is 62.8 Å². The van der Waals surface area contributed by atoms with E-state index in [0.29, 0.717) is 25.1 Å². The van der Waals surface area contributed by atoms with Crippen LogP contribution in [0.3, 0.4) is 0 Å². The highest BCUT2D eigenvalue weighted by Gasteiger charge is 2.27. The molecule has 2 aliphatic rings. The van der Waals surface area contributed by atoms with E-state index in [0.717, 1.165) is 52.0 Å². The number of carbonyl (C=O) groups is 1. The lowest BCUT2D eigenvalue weighted by atomic mass is 10.0. The van der Waals surface area contributed by atoms with Crippen LogP contribution in [0, 0.1) is 0 Å². The third-order valence-corrected chi connectivity index (χ3v) is 4.73. The molecule has 6 heteroatoms. The molecule has 2 rings (SSSR count). The molecule has 0 aliphatic carbocycles. The highest BCUT2D eigenvalue weighted by Crippen LogP contribution is 2.14. The van der Waals surface area contributed by atoms with Crippen molar-refractivity contribution in [3.63, 3.8) is 0 Å². The van der Waals surface area contributed by atoms with Gasteiger partial charge in [0.05, 0.1) is 12.7 Å². The Morgan fingerprint density at radius 1 is 1.45 bits per heavy atom. The largest absolute Gasteiger partial charge is 0.379 e. The van der Waals surface area contributed by atoms with Crippen LogP contribution in [0.1, 0.15) is 32.6 Å². The molecule has 0 radical (unpaired) electrons. The number of hydrogen-bond donors (Lipinski definition) is 2. The van der Waals surface area contributed by atoms with E-state index in [2.05, 4.69) is 17.6 Å². The second kappa shape index (κ2) is 9.45. The molecular formula is C16H31N3O3. The van der Waals surface area contributed by atoms with Gasteiger partial charge in [-0.05, 0) is 19.3 Å². The Morgan fingerprint density at radius 2 is 2.23 bits per heavy atom. The van der Waals surface area contributed by atoms with Crippen molar-refractivity contribution < 1.29 is 14.3 Å². The summed E-state index contributed by atoms with van der Waals surface area (Å²) in [4.78, 5) is 14.2. The van der Waals surface area contributed by atoms with Crippen LogP contribution in [-0.4, -0.2) is 75.5 Å². The smallest absolute Gasteiger partial charge is 0.222 e. The van der Waals surface area contributed by atoms with Gasteiger partial charge in [-0.25, -0.2) is 0 Å². The number of carbonyl (C=O) groups excluding carboxylic acids is 1. The Bertz CT molecular complexity index is 335. The summed E-state index contributed by atoms with van der Waals surface area (Å²) in [6.07, 6.45) is 3.65. The lowest BCUT2D eigenvalue weighted by Crippen LogP contribution is -2.51. The SMILES string of the molecule is CCC(CCC(=O)N1CCNCC1)NC1CCOCC1OC. The standard InChI is InChI=1S/C16H31N3O3/c1-3-13(18-14-6-11-22-12-15(14)21-2)4-5-16(20)19-9-7-17-8-10-19/h13-15,17-18H,3-12H2,1-2H3. The van der Waals surface area contributed by atoms with Crippen molar-refractivity contribution in [3.8, 4) is 0 Å². The first-order chi connectivity index (χ1) is 10.7. The number of hydrogen-bond acceptors (Lipinski definition) is 5. The minimum absolute atomic E-state index is 0.117. The van der Waals surface area contributed by atoms with Gasteiger partial charge >= 0.3 is 0 Å². The molecule has 22 heavy (non-hydrogen) atoms. The lowest BCUT2D eigenvalue weighted by molar-refractivity contribution is -0.132. The summed E-state index contributed by atoms with van der Waals surface area (Å²) in [6.45, 7) is 7.13. The summed E-state index contributed by atoms with van der Waals surface area (Å²) in [6, 6.07) is 0.700. The van der Waals surface area contributed by atoms with Crippen LogP contribution in [0.15, 0.2) is 0 Å². The van der Waals surface area contributed by atoms with Gasteiger partial charge in [-0.3, -0.25) is 4.79 Å². The van der Waals surface area contributed by atoms with Gasteiger partial charge in [-0.2, -0.15) is 0 Å². The molecular weight excluding hydrogens is 282 g/mol. The van der Waals surface area contributed by atoms with Crippen molar-refractivity contribution in [1.82, 2.24) is 15.5 Å². The van der Waals surface area contributed by atoms with Crippen molar-refractivity contribution >= 4 is 5.91 Å². The van der Waals surface area contributed by atoms with Crippen LogP contribution in [0.25, 0.3) is 0 Å². The van der Waals surface area contributed by atoms with Crippen LogP contribution in [-0.2, 0) is 14.3 Å². The molecule has 2 heterocycles. The molecule has 0 aromatic heterocycles. The first-order valence-corrected chi connectivity index (χ1v) is 8.59. The second-order valence-corrected chi connectivity index (χ2v) is 6.19. The van der Waals surface area contributed by atoms with E-state index in [9.17, 15) is 4.79 Å². The lowest BCUT2D eigenvalue weighted by Gasteiger charge is -2.34. The summed E-state index contributed by atoms with van der Waals surface area (Å²) in [5.41, 5.74) is 0. The molecule has 128 valence electrons. The van der Waals surface area contributed by atoms with Crippen molar-refractivity contribution in [3.05, 3.63) is 0 Å². The van der Waals surface area contributed by atoms with Gasteiger partial charge in [0.1, 0.15) is 0 Å². The van der Waals surface area contributed by atoms with Gasteiger partial charge in [-0.15, -0.1) is 0 Å². The quantitative estimate of drug-likeness (QED) is 0.711. The van der Waals surface area contributed by atoms with Gasteiger partial charge in [0.15, 0.2) is 0 Å². The highest BCUT2D eigenvalue weighted by atomic mass is 16.5. The van der Waals surface area contributed by atoms with Crippen molar-refractivity contribution in [2.45, 2.75) is 50.8 Å². The molecule has 3 atom stereocenters. The Morgan fingerprint density at radius 3 is 2.91 bits per heavy atom. The zero-order valence-electron chi connectivity index (χ0n) is 14.0. The first kappa shape index (κ1) is 17.7. The summed E-state index contributed by atoms with van der Waals surface area (Å²) in [5.74, 6) is 0.289. The van der Waals surface area contributed by atoms with E-state index in [1.807, 2.05) is 4.90 Å². The molecule has 0 bridgehead atoms. The fourth-order valence-electron chi connectivity index (χ4n) is 3.21. The van der Waals surface area contributed by atoms with Gasteiger partial charge in [0.25, 0.3) is 0 Å². The molecule has 1 amide bonds. The average Bonchev–Trinajstić information content (AvgIpc) is 2.59. The van der Waals surface area contributed by atoms with Crippen LogP contribution < -0.4 is 10.6 Å². The maximum Gasteiger partial charge on any atom is 0.222 e. The molecule has 0 saturated carbocycles. The zero-order valence-corrected chi connectivity index (χ0v) is 14.0. The molecule has 6 nitrogen and oxygen atoms in total. The van der Waals surface area contributed by atoms with E-state index >= 15 is 0 Å². The van der Waals surface area contributed by atoms with Gasteiger partial charge in [0.2, 0.25) is 5.91 Å². The van der Waals surface area contributed by atoms with E-state index in [4.69, 9.17) is 9.47 Å². The summed E-state index contributed by atoms with van der Waals surface area (Å²) < 4.78 is 11.0. The predicted octanol–water partition coefficient (Wildman–Crippen LogP) is 0.371. The number of nitrogens with one attached hydrogen (secondary N) is 2. The van der Waals surface area contributed by atoms with E-state index < -0.39 is 0 Å². The summed E-state index contributed by atoms with van der Waals surface area (Å²) in [7, 11) is 1.74. The zero-order chi connectivity index (χ0) is 15.8. The molecule has 2 N–H and O–H groups in total. The molecule has 0 aromatic rings. The van der Waals surface area contributed by atoms with Crippen molar-refractivity contribution in [1.29, 1.82) is 0 Å². The predicted molar refractivity (Wildman–Crippen MR) is 85.9 cm³/mol. The Labute approximate surface area is 133 Å². The Hall–Kier alpha value is -0.690. The molecule has 2 saturated heterocycles. The Kier molecular flexibility index (Phi) is 7.59. The first-order valence-electron chi connectivity index (χ1n) is 8.59. The van der Waals surface area contributed by atoms with Gasteiger partial charge in [0, 0.05) is 58.4 Å². The van der Waals surface area contributed by atoms with Gasteiger partial charge in [-0.1, -0.05) is 6.92 Å². The Balaban J connectivity index is 1.75. The van der Waals surface area contributed by atoms with Crippen LogP contribution in [0.5, 0.6) is 0 Å². The van der Waals surface area contributed by atoms with Crippen LogP contribution >= 0.6 is 0 Å². The molecule has 2 aliphatic heterocycles. The third kappa shape index (κ3) is 5.19. The fraction of sp³-hybridized carbons (Fsp3) is 0.938. The maximum absolute atomic E-state index is 12.3. The van der Waals surface area contributed by atoms with E-state index in [1.54, 1.807) is 7.11 Å². The summed E-state index contributed by atoms with van der Waals surface area (Å²) >= 11 is 0. The maximum atomic E-state index is 12.3. The third-order valence-electron chi connectivity index (χ3n) is 4.73. The minimum atomic E-state index is 0.117. The normalized spacial score (nSPS) is 27.6. The van der Waals surface area contributed by atoms with Crippen molar-refractivity contribution in [2.24, 2.45) is 0 Å². The highest BCUT2D eigenvalue weighted by molar-refractivity contribution is 5.76. The number of piperazine rings is 1. The number of amides is 1. The molecule has 2 fully saturated rings.